The molecule has 1 atom stereocenters. The molecule has 0 bridgehead atoms. The summed E-state index contributed by atoms with van der Waals surface area (Å²) in [6, 6.07) is 11.8. The standard InChI is InChI=1S/C12H12N4O/c13-11(9-5-2-1-3-6-9)12(17)15-10-7-4-8-14-16-10/h1-8,11H,13H2,(H,15,16,17)/t11-/m0/s1. The number of anilines is 1. The van der Waals surface area contributed by atoms with Crippen molar-refractivity contribution in [1.82, 2.24) is 10.2 Å². The molecule has 0 saturated carbocycles. The van der Waals surface area contributed by atoms with Gasteiger partial charge in [0.1, 0.15) is 6.04 Å². The fourth-order valence-electron chi connectivity index (χ4n) is 1.38. The van der Waals surface area contributed by atoms with Crippen molar-refractivity contribution < 1.29 is 4.79 Å². The van der Waals surface area contributed by atoms with Crippen molar-refractivity contribution in [3.63, 3.8) is 0 Å². The zero-order valence-corrected chi connectivity index (χ0v) is 9.08. The van der Waals surface area contributed by atoms with Gasteiger partial charge in [-0.25, -0.2) is 0 Å². The van der Waals surface area contributed by atoms with Crippen molar-refractivity contribution in [3.8, 4) is 0 Å². The second kappa shape index (κ2) is 5.18. The molecule has 0 radical (unpaired) electrons. The Morgan fingerprint density at radius 2 is 1.94 bits per heavy atom. The summed E-state index contributed by atoms with van der Waals surface area (Å²) in [4.78, 5) is 11.8. The lowest BCUT2D eigenvalue weighted by Gasteiger charge is -2.11. The van der Waals surface area contributed by atoms with Gasteiger partial charge < -0.3 is 11.1 Å². The van der Waals surface area contributed by atoms with Crippen LogP contribution < -0.4 is 11.1 Å². The highest BCUT2D eigenvalue weighted by Gasteiger charge is 2.15. The van der Waals surface area contributed by atoms with E-state index >= 15 is 0 Å². The van der Waals surface area contributed by atoms with Gasteiger partial charge in [-0.1, -0.05) is 30.3 Å². The predicted octanol–water partition coefficient (Wildman–Crippen LogP) is 1.12. The lowest BCUT2D eigenvalue weighted by molar-refractivity contribution is -0.117. The maximum Gasteiger partial charge on any atom is 0.247 e. The normalized spacial score (nSPS) is 11.8. The fourth-order valence-corrected chi connectivity index (χ4v) is 1.38. The summed E-state index contributed by atoms with van der Waals surface area (Å²) in [5.74, 6) is 0.0839. The summed E-state index contributed by atoms with van der Waals surface area (Å²) < 4.78 is 0. The smallest absolute Gasteiger partial charge is 0.247 e. The van der Waals surface area contributed by atoms with Crippen molar-refractivity contribution in [1.29, 1.82) is 0 Å². The Kier molecular flexibility index (Phi) is 3.42. The van der Waals surface area contributed by atoms with Crippen LogP contribution in [0.1, 0.15) is 11.6 Å². The number of rotatable bonds is 3. The average molecular weight is 228 g/mol. The van der Waals surface area contributed by atoms with Gasteiger partial charge in [-0.3, -0.25) is 4.79 Å². The number of nitrogens with zero attached hydrogens (tertiary/aromatic N) is 2. The molecule has 1 aromatic carbocycles. The summed E-state index contributed by atoms with van der Waals surface area (Å²) in [5.41, 5.74) is 6.58. The van der Waals surface area contributed by atoms with E-state index < -0.39 is 6.04 Å². The van der Waals surface area contributed by atoms with E-state index in [-0.39, 0.29) is 5.91 Å². The van der Waals surface area contributed by atoms with E-state index in [0.29, 0.717) is 5.82 Å². The third-order valence-electron chi connectivity index (χ3n) is 2.26. The van der Waals surface area contributed by atoms with Gasteiger partial charge in [-0.15, -0.1) is 5.10 Å². The molecular formula is C12H12N4O. The molecule has 0 saturated heterocycles. The number of benzene rings is 1. The Morgan fingerprint density at radius 1 is 1.18 bits per heavy atom. The minimum Gasteiger partial charge on any atom is -0.316 e. The number of hydrogen-bond donors (Lipinski definition) is 2. The number of aromatic nitrogens is 2. The Bertz CT molecular complexity index is 486. The molecule has 1 heterocycles. The maximum atomic E-state index is 11.8. The van der Waals surface area contributed by atoms with Crippen LogP contribution in [0.2, 0.25) is 0 Å². The van der Waals surface area contributed by atoms with Crippen LogP contribution >= 0.6 is 0 Å². The fraction of sp³-hybridized carbons (Fsp3) is 0.0833. The van der Waals surface area contributed by atoms with Crippen LogP contribution in [0.5, 0.6) is 0 Å². The van der Waals surface area contributed by atoms with Crippen molar-refractivity contribution in [3.05, 3.63) is 54.2 Å². The van der Waals surface area contributed by atoms with Gasteiger partial charge >= 0.3 is 0 Å². The molecule has 0 fully saturated rings. The van der Waals surface area contributed by atoms with E-state index in [9.17, 15) is 4.79 Å². The minimum absolute atomic E-state index is 0.309. The van der Waals surface area contributed by atoms with E-state index in [1.807, 2.05) is 18.2 Å². The zero-order valence-electron chi connectivity index (χ0n) is 9.08. The molecule has 0 aliphatic carbocycles. The summed E-state index contributed by atoms with van der Waals surface area (Å²) in [6.07, 6.45) is 1.53. The van der Waals surface area contributed by atoms with Gasteiger partial charge in [0.25, 0.3) is 0 Å². The first-order valence-corrected chi connectivity index (χ1v) is 5.16. The summed E-state index contributed by atoms with van der Waals surface area (Å²) in [5, 5.41) is 10.0. The summed E-state index contributed by atoms with van der Waals surface area (Å²) >= 11 is 0. The van der Waals surface area contributed by atoms with Crippen molar-refractivity contribution in [2.45, 2.75) is 6.04 Å². The minimum atomic E-state index is -0.710. The van der Waals surface area contributed by atoms with Gasteiger partial charge in [0.2, 0.25) is 5.91 Å². The largest absolute Gasteiger partial charge is 0.316 e. The van der Waals surface area contributed by atoms with Gasteiger partial charge in [0.05, 0.1) is 0 Å². The Balaban J connectivity index is 2.06. The van der Waals surface area contributed by atoms with Gasteiger partial charge in [-0.05, 0) is 17.7 Å². The van der Waals surface area contributed by atoms with Gasteiger partial charge in [0, 0.05) is 6.20 Å². The molecule has 0 unspecified atom stereocenters. The lowest BCUT2D eigenvalue weighted by Crippen LogP contribution is -2.28. The summed E-state index contributed by atoms with van der Waals surface area (Å²) in [7, 11) is 0. The molecule has 17 heavy (non-hydrogen) atoms. The van der Waals surface area contributed by atoms with E-state index in [1.54, 1.807) is 24.3 Å². The van der Waals surface area contributed by atoms with Crippen molar-refractivity contribution in [2.75, 3.05) is 5.32 Å². The number of nitrogens with two attached hydrogens (primary N) is 1. The second-order valence-electron chi connectivity index (χ2n) is 3.49. The average Bonchev–Trinajstić information content (AvgIpc) is 2.40. The molecule has 5 heteroatoms. The van der Waals surface area contributed by atoms with Crippen LogP contribution in [-0.4, -0.2) is 16.1 Å². The highest BCUT2D eigenvalue weighted by atomic mass is 16.2. The molecule has 0 aliphatic heterocycles. The van der Waals surface area contributed by atoms with Crippen LogP contribution in [0.15, 0.2) is 48.7 Å². The third kappa shape index (κ3) is 2.85. The molecule has 2 aromatic rings. The quantitative estimate of drug-likeness (QED) is 0.824. The maximum absolute atomic E-state index is 11.8. The molecule has 2 rings (SSSR count). The molecule has 0 aliphatic rings. The molecule has 1 aromatic heterocycles. The molecular weight excluding hydrogens is 216 g/mol. The van der Waals surface area contributed by atoms with Crippen LogP contribution in [0, 0.1) is 0 Å². The Hall–Kier alpha value is -2.27. The van der Waals surface area contributed by atoms with Crippen molar-refractivity contribution >= 4 is 11.7 Å². The SMILES string of the molecule is N[C@H](C(=O)Nc1cccnn1)c1ccccc1. The number of nitrogens with one attached hydrogen (secondary N) is 1. The molecule has 86 valence electrons. The Morgan fingerprint density at radius 3 is 2.59 bits per heavy atom. The van der Waals surface area contributed by atoms with Gasteiger partial charge in [0.15, 0.2) is 5.82 Å². The van der Waals surface area contributed by atoms with Crippen LogP contribution in [0.3, 0.4) is 0 Å². The first-order chi connectivity index (χ1) is 8.27. The van der Waals surface area contributed by atoms with Crippen LogP contribution in [0.25, 0.3) is 0 Å². The molecule has 0 spiro atoms. The number of hydrogen-bond acceptors (Lipinski definition) is 4. The molecule has 1 amide bonds. The van der Waals surface area contributed by atoms with Crippen molar-refractivity contribution in [2.24, 2.45) is 5.73 Å². The van der Waals surface area contributed by atoms with E-state index in [2.05, 4.69) is 15.5 Å². The monoisotopic (exact) mass is 228 g/mol. The van der Waals surface area contributed by atoms with Gasteiger partial charge in [-0.2, -0.15) is 5.10 Å². The summed E-state index contributed by atoms with van der Waals surface area (Å²) in [6.45, 7) is 0. The topological polar surface area (TPSA) is 80.9 Å². The highest BCUT2D eigenvalue weighted by Crippen LogP contribution is 2.11. The Labute approximate surface area is 98.7 Å². The highest BCUT2D eigenvalue weighted by molar-refractivity contribution is 5.94. The number of carbonyl (C=O) groups excluding carboxylic acids is 1. The lowest BCUT2D eigenvalue weighted by atomic mass is 10.1. The van der Waals surface area contributed by atoms with E-state index in [4.69, 9.17) is 5.73 Å². The zero-order chi connectivity index (χ0) is 12.1. The number of carbonyl (C=O) groups is 1. The van der Waals surface area contributed by atoms with E-state index in [0.717, 1.165) is 5.56 Å². The van der Waals surface area contributed by atoms with Crippen LogP contribution in [0.4, 0.5) is 5.82 Å². The first-order valence-electron chi connectivity index (χ1n) is 5.16. The molecule has 3 N–H and O–H groups in total. The second-order valence-corrected chi connectivity index (χ2v) is 3.49. The third-order valence-corrected chi connectivity index (χ3v) is 2.26. The van der Waals surface area contributed by atoms with Crippen LogP contribution in [-0.2, 0) is 4.79 Å². The first kappa shape index (κ1) is 11.2. The number of amides is 1. The van der Waals surface area contributed by atoms with E-state index in [1.165, 1.54) is 6.20 Å². The molecule has 5 nitrogen and oxygen atoms in total. The predicted molar refractivity (Wildman–Crippen MR) is 64.0 cm³/mol.